The summed E-state index contributed by atoms with van der Waals surface area (Å²) in [6.07, 6.45) is 0. The lowest BCUT2D eigenvalue weighted by atomic mass is 10.3. The van der Waals surface area contributed by atoms with Gasteiger partial charge in [0.1, 0.15) is 0 Å². The molecule has 1 N–H and O–H groups in total. The lowest BCUT2D eigenvalue weighted by Crippen LogP contribution is -2.09. The van der Waals surface area contributed by atoms with Crippen molar-refractivity contribution in [3.05, 3.63) is 39.6 Å². The van der Waals surface area contributed by atoms with Gasteiger partial charge in [-0.25, -0.2) is 4.79 Å². The van der Waals surface area contributed by atoms with Crippen molar-refractivity contribution >= 4 is 44.1 Å². The van der Waals surface area contributed by atoms with Gasteiger partial charge in [-0.1, -0.05) is 0 Å². The summed E-state index contributed by atoms with van der Waals surface area (Å²) in [7, 11) is 1.30. The number of furan rings is 1. The summed E-state index contributed by atoms with van der Waals surface area (Å²) in [5.41, 5.74) is 0.401. The fourth-order valence-electron chi connectivity index (χ4n) is 1.24. The van der Waals surface area contributed by atoms with Gasteiger partial charge in [0.15, 0.2) is 10.4 Å². The molecule has 0 aliphatic heterocycles. The Morgan fingerprint density at radius 1 is 1.44 bits per heavy atom. The van der Waals surface area contributed by atoms with Crippen molar-refractivity contribution in [1.29, 1.82) is 0 Å². The molecule has 0 saturated heterocycles. The van der Waals surface area contributed by atoms with Crippen LogP contribution in [0.15, 0.2) is 32.7 Å². The fraction of sp³-hybridized carbons (Fsp3) is 0.0909. The highest BCUT2D eigenvalue weighted by Gasteiger charge is 2.13. The number of carbonyl (C=O) groups is 2. The van der Waals surface area contributed by atoms with Gasteiger partial charge in [0, 0.05) is 5.38 Å². The predicted molar refractivity (Wildman–Crippen MR) is 70.0 cm³/mol. The first kappa shape index (κ1) is 12.8. The number of anilines is 1. The van der Waals surface area contributed by atoms with E-state index in [1.807, 2.05) is 0 Å². The lowest BCUT2D eigenvalue weighted by molar-refractivity contribution is 0.0601. The molecule has 2 heterocycles. The third-order valence-corrected chi connectivity index (χ3v) is 3.33. The van der Waals surface area contributed by atoms with Gasteiger partial charge >= 0.3 is 5.97 Å². The van der Waals surface area contributed by atoms with Crippen LogP contribution < -0.4 is 5.32 Å². The summed E-state index contributed by atoms with van der Waals surface area (Å²) < 4.78 is 10.2. The minimum Gasteiger partial charge on any atom is -0.465 e. The van der Waals surface area contributed by atoms with Crippen LogP contribution in [-0.2, 0) is 4.74 Å². The summed E-state index contributed by atoms with van der Waals surface area (Å²) >= 11 is 4.35. The molecule has 5 nitrogen and oxygen atoms in total. The molecule has 0 atom stereocenters. The number of esters is 1. The standard InChI is InChI=1S/C11H8BrNO4S/c1-16-11(15)6-4-9(18-5-6)13-10(14)7-2-3-8(12)17-7/h2-5H,1H3,(H,13,14). The number of nitrogens with one attached hydrogen (secondary N) is 1. The SMILES string of the molecule is COC(=O)c1csc(NC(=O)c2ccc(Br)o2)c1. The van der Waals surface area contributed by atoms with Crippen molar-refractivity contribution in [1.82, 2.24) is 0 Å². The zero-order chi connectivity index (χ0) is 13.1. The molecule has 1 amide bonds. The molecule has 0 aliphatic carbocycles. The Balaban J connectivity index is 2.08. The number of halogens is 1. The molecule has 0 spiro atoms. The normalized spacial score (nSPS) is 10.1. The Morgan fingerprint density at radius 2 is 2.22 bits per heavy atom. The van der Waals surface area contributed by atoms with Gasteiger partial charge in [-0.15, -0.1) is 11.3 Å². The van der Waals surface area contributed by atoms with Crippen LogP contribution in [-0.4, -0.2) is 19.0 Å². The number of ether oxygens (including phenoxy) is 1. The number of thiophene rings is 1. The van der Waals surface area contributed by atoms with Gasteiger partial charge in [-0.2, -0.15) is 0 Å². The number of rotatable bonds is 3. The smallest absolute Gasteiger partial charge is 0.338 e. The highest BCUT2D eigenvalue weighted by atomic mass is 79.9. The molecule has 0 saturated carbocycles. The van der Waals surface area contributed by atoms with Crippen molar-refractivity contribution in [2.45, 2.75) is 0 Å². The van der Waals surface area contributed by atoms with Crippen molar-refractivity contribution < 1.29 is 18.7 Å². The van der Waals surface area contributed by atoms with Crippen molar-refractivity contribution in [3.8, 4) is 0 Å². The molecule has 0 radical (unpaired) electrons. The van der Waals surface area contributed by atoms with Crippen LogP contribution in [0.5, 0.6) is 0 Å². The number of carbonyl (C=O) groups excluding carboxylic acids is 2. The monoisotopic (exact) mass is 329 g/mol. The number of hydrogen-bond donors (Lipinski definition) is 1. The van der Waals surface area contributed by atoms with Crippen LogP contribution in [0.4, 0.5) is 5.00 Å². The molecule has 2 aromatic rings. The van der Waals surface area contributed by atoms with E-state index < -0.39 is 5.97 Å². The third-order valence-electron chi connectivity index (χ3n) is 2.05. The van der Waals surface area contributed by atoms with E-state index in [0.717, 1.165) is 0 Å². The van der Waals surface area contributed by atoms with Gasteiger partial charge < -0.3 is 14.5 Å². The zero-order valence-electron chi connectivity index (χ0n) is 9.23. The van der Waals surface area contributed by atoms with Crippen molar-refractivity contribution in [2.24, 2.45) is 0 Å². The minimum atomic E-state index is -0.438. The molecule has 7 heteroatoms. The van der Waals surface area contributed by atoms with E-state index in [0.29, 0.717) is 15.2 Å². The Kier molecular flexibility index (Phi) is 3.83. The van der Waals surface area contributed by atoms with Crippen LogP contribution in [0.25, 0.3) is 0 Å². The number of amides is 1. The second-order valence-corrected chi connectivity index (χ2v) is 4.94. The first-order valence-electron chi connectivity index (χ1n) is 4.83. The molecular formula is C11H8BrNO4S. The van der Waals surface area contributed by atoms with E-state index in [1.165, 1.54) is 18.4 Å². The molecule has 0 fully saturated rings. The van der Waals surface area contributed by atoms with E-state index in [2.05, 4.69) is 26.0 Å². The second-order valence-electron chi connectivity index (χ2n) is 3.25. The molecule has 0 aromatic carbocycles. The first-order chi connectivity index (χ1) is 8.60. The Morgan fingerprint density at radius 3 is 2.83 bits per heavy atom. The maximum atomic E-state index is 11.7. The van der Waals surface area contributed by atoms with Crippen molar-refractivity contribution in [2.75, 3.05) is 12.4 Å². The van der Waals surface area contributed by atoms with E-state index in [1.54, 1.807) is 23.6 Å². The lowest BCUT2D eigenvalue weighted by Gasteiger charge is -1.98. The van der Waals surface area contributed by atoms with E-state index >= 15 is 0 Å². The third kappa shape index (κ3) is 2.80. The summed E-state index contributed by atoms with van der Waals surface area (Å²) in [5, 5.41) is 4.79. The zero-order valence-corrected chi connectivity index (χ0v) is 11.6. The van der Waals surface area contributed by atoms with Crippen LogP contribution in [0.2, 0.25) is 0 Å². The second kappa shape index (κ2) is 5.36. The van der Waals surface area contributed by atoms with Gasteiger partial charge in [-0.3, -0.25) is 4.79 Å². The predicted octanol–water partition coefficient (Wildman–Crippen LogP) is 3.14. The largest absolute Gasteiger partial charge is 0.465 e. The Labute approximate surface area is 115 Å². The summed E-state index contributed by atoms with van der Waals surface area (Å²) in [4.78, 5) is 23.0. The minimum absolute atomic E-state index is 0.190. The molecule has 0 bridgehead atoms. The van der Waals surface area contributed by atoms with E-state index in [9.17, 15) is 9.59 Å². The molecule has 0 unspecified atom stereocenters. The maximum absolute atomic E-state index is 11.7. The number of methoxy groups -OCH3 is 1. The first-order valence-corrected chi connectivity index (χ1v) is 6.51. The highest BCUT2D eigenvalue weighted by Crippen LogP contribution is 2.22. The van der Waals surface area contributed by atoms with Gasteiger partial charge in [-0.05, 0) is 34.1 Å². The van der Waals surface area contributed by atoms with Crippen LogP contribution in [0, 0.1) is 0 Å². The van der Waals surface area contributed by atoms with Crippen LogP contribution >= 0.6 is 27.3 Å². The maximum Gasteiger partial charge on any atom is 0.338 e. The fourth-order valence-corrected chi connectivity index (χ4v) is 2.31. The Bertz CT molecular complexity index is 589. The van der Waals surface area contributed by atoms with Crippen molar-refractivity contribution in [3.63, 3.8) is 0 Å². The van der Waals surface area contributed by atoms with E-state index in [-0.39, 0.29) is 11.7 Å². The van der Waals surface area contributed by atoms with Crippen LogP contribution in [0.3, 0.4) is 0 Å². The van der Waals surface area contributed by atoms with E-state index in [4.69, 9.17) is 4.42 Å². The average molecular weight is 330 g/mol. The van der Waals surface area contributed by atoms with Gasteiger partial charge in [0.05, 0.1) is 17.7 Å². The molecule has 0 aliphatic rings. The molecule has 2 aromatic heterocycles. The summed E-state index contributed by atoms with van der Waals surface area (Å²) in [6, 6.07) is 4.73. The number of hydrogen-bond acceptors (Lipinski definition) is 5. The quantitative estimate of drug-likeness (QED) is 0.878. The molecule has 18 heavy (non-hydrogen) atoms. The molecule has 2 rings (SSSR count). The Hall–Kier alpha value is -1.60. The average Bonchev–Trinajstić information content (AvgIpc) is 2.97. The van der Waals surface area contributed by atoms with Gasteiger partial charge in [0.25, 0.3) is 5.91 Å². The summed E-state index contributed by atoms with van der Waals surface area (Å²) in [5.74, 6) is -0.624. The highest BCUT2D eigenvalue weighted by molar-refractivity contribution is 9.10. The topological polar surface area (TPSA) is 68.5 Å². The summed E-state index contributed by atoms with van der Waals surface area (Å²) in [6.45, 7) is 0. The molecular weight excluding hydrogens is 322 g/mol. The van der Waals surface area contributed by atoms with Gasteiger partial charge in [0.2, 0.25) is 0 Å². The van der Waals surface area contributed by atoms with Crippen LogP contribution in [0.1, 0.15) is 20.9 Å². The molecule has 94 valence electrons.